The molecule has 1 aromatic rings. The SMILES string of the molecule is COCCN(CCOC)CCOCCOCCOc1c(CO)cccc1CO.COCCOCCN(CCOCCOC)CCOCCOC. The number of para-hydroxylation sites is 1. The van der Waals surface area contributed by atoms with Gasteiger partial charge < -0.3 is 62.3 Å². The van der Waals surface area contributed by atoms with Crippen molar-refractivity contribution in [3.63, 3.8) is 0 Å². The molecule has 0 spiro atoms. The molecule has 1 rings (SSSR count). The Hall–Kier alpha value is -1.54. The first kappa shape index (κ1) is 48.5. The monoisotopic (exact) mass is 724 g/mol. The van der Waals surface area contributed by atoms with E-state index in [1.54, 1.807) is 53.7 Å². The molecule has 0 bridgehead atoms. The third-order valence-electron chi connectivity index (χ3n) is 7.09. The van der Waals surface area contributed by atoms with Crippen molar-refractivity contribution >= 4 is 0 Å². The van der Waals surface area contributed by atoms with Crippen LogP contribution in [-0.2, 0) is 60.6 Å². The third kappa shape index (κ3) is 29.1. The van der Waals surface area contributed by atoms with Gasteiger partial charge in [-0.15, -0.1) is 0 Å². The molecule has 0 saturated heterocycles. The molecule has 0 unspecified atom stereocenters. The Bertz CT molecular complexity index is 765. The molecule has 0 heterocycles. The molecular formula is C35H68N2O13. The van der Waals surface area contributed by atoms with Crippen LogP contribution < -0.4 is 4.74 Å². The van der Waals surface area contributed by atoms with Gasteiger partial charge in [0.2, 0.25) is 0 Å². The molecule has 0 radical (unpaired) electrons. The van der Waals surface area contributed by atoms with Crippen molar-refractivity contribution in [2.24, 2.45) is 0 Å². The van der Waals surface area contributed by atoms with Gasteiger partial charge in [0.1, 0.15) is 12.4 Å². The number of ether oxygens (including phenoxy) is 11. The minimum Gasteiger partial charge on any atom is -0.490 e. The first-order valence-electron chi connectivity index (χ1n) is 17.3. The van der Waals surface area contributed by atoms with Gasteiger partial charge in [0.25, 0.3) is 0 Å². The maximum Gasteiger partial charge on any atom is 0.130 e. The van der Waals surface area contributed by atoms with Crippen LogP contribution in [0, 0.1) is 0 Å². The van der Waals surface area contributed by atoms with E-state index in [-0.39, 0.29) is 13.2 Å². The molecule has 2 N–H and O–H groups in total. The largest absolute Gasteiger partial charge is 0.490 e. The van der Waals surface area contributed by atoms with Crippen molar-refractivity contribution in [2.75, 3.05) is 181 Å². The summed E-state index contributed by atoms with van der Waals surface area (Å²) in [6, 6.07) is 5.32. The zero-order chi connectivity index (χ0) is 36.8. The molecule has 0 aliphatic rings. The summed E-state index contributed by atoms with van der Waals surface area (Å²) in [5.41, 5.74) is 1.31. The fraction of sp³-hybridized carbons (Fsp3) is 0.829. The maximum absolute atomic E-state index is 9.37. The van der Waals surface area contributed by atoms with Crippen LogP contribution in [0.25, 0.3) is 0 Å². The summed E-state index contributed by atoms with van der Waals surface area (Å²) in [7, 11) is 8.40. The lowest BCUT2D eigenvalue weighted by atomic mass is 10.1. The molecule has 15 nitrogen and oxygen atoms in total. The second-order valence-corrected chi connectivity index (χ2v) is 10.8. The number of benzene rings is 1. The molecule has 1 aromatic carbocycles. The number of hydrogen-bond acceptors (Lipinski definition) is 15. The zero-order valence-electron chi connectivity index (χ0n) is 31.5. The predicted octanol–water partition coefficient (Wildman–Crippen LogP) is 0.955. The Morgan fingerprint density at radius 2 is 0.700 bits per heavy atom. The van der Waals surface area contributed by atoms with Crippen molar-refractivity contribution in [3.05, 3.63) is 29.3 Å². The van der Waals surface area contributed by atoms with E-state index >= 15 is 0 Å². The molecule has 15 heteroatoms. The van der Waals surface area contributed by atoms with Crippen LogP contribution in [0.2, 0.25) is 0 Å². The Balaban J connectivity index is 0.000000991. The second kappa shape index (κ2) is 38.7. The van der Waals surface area contributed by atoms with E-state index in [1.807, 2.05) is 0 Å². The minimum atomic E-state index is -0.135. The van der Waals surface area contributed by atoms with E-state index in [4.69, 9.17) is 52.1 Å². The van der Waals surface area contributed by atoms with Crippen LogP contribution in [0.3, 0.4) is 0 Å². The second-order valence-electron chi connectivity index (χ2n) is 10.8. The first-order valence-corrected chi connectivity index (χ1v) is 17.3. The molecule has 0 aliphatic heterocycles. The van der Waals surface area contributed by atoms with E-state index in [0.29, 0.717) is 123 Å². The minimum absolute atomic E-state index is 0.135. The number of aliphatic hydroxyl groups excluding tert-OH is 2. The Labute approximate surface area is 300 Å². The fourth-order valence-electron chi connectivity index (χ4n) is 4.22. The average Bonchev–Trinajstić information content (AvgIpc) is 3.14. The van der Waals surface area contributed by atoms with Crippen molar-refractivity contribution in [1.29, 1.82) is 0 Å². The maximum atomic E-state index is 9.37. The Morgan fingerprint density at radius 1 is 0.400 bits per heavy atom. The molecule has 296 valence electrons. The fourth-order valence-corrected chi connectivity index (χ4v) is 4.22. The van der Waals surface area contributed by atoms with Crippen LogP contribution in [0.1, 0.15) is 11.1 Å². The van der Waals surface area contributed by atoms with Gasteiger partial charge >= 0.3 is 0 Å². The predicted molar refractivity (Wildman–Crippen MR) is 190 cm³/mol. The lowest BCUT2D eigenvalue weighted by Gasteiger charge is -2.22. The summed E-state index contributed by atoms with van der Waals surface area (Å²) in [4.78, 5) is 4.51. The van der Waals surface area contributed by atoms with Crippen molar-refractivity contribution in [1.82, 2.24) is 9.80 Å². The van der Waals surface area contributed by atoms with Crippen LogP contribution in [0.5, 0.6) is 5.75 Å². The normalized spacial score (nSPS) is 11.4. The van der Waals surface area contributed by atoms with E-state index < -0.39 is 0 Å². The quantitative estimate of drug-likeness (QED) is 0.0946. The smallest absolute Gasteiger partial charge is 0.130 e. The van der Waals surface area contributed by atoms with Crippen LogP contribution in [-0.4, -0.2) is 201 Å². The van der Waals surface area contributed by atoms with E-state index in [2.05, 4.69) is 9.80 Å². The molecule has 0 fully saturated rings. The van der Waals surface area contributed by atoms with E-state index in [1.165, 1.54) is 0 Å². The molecule has 0 atom stereocenters. The van der Waals surface area contributed by atoms with E-state index in [0.717, 1.165) is 39.3 Å². The Kier molecular flexibility index (Phi) is 37.5. The van der Waals surface area contributed by atoms with Crippen LogP contribution in [0.4, 0.5) is 0 Å². The zero-order valence-corrected chi connectivity index (χ0v) is 31.5. The summed E-state index contributed by atoms with van der Waals surface area (Å²) < 4.78 is 58.4. The molecular weight excluding hydrogens is 656 g/mol. The highest BCUT2D eigenvalue weighted by atomic mass is 16.5. The summed E-state index contributed by atoms with van der Waals surface area (Å²) in [6.07, 6.45) is 0. The first-order chi connectivity index (χ1) is 24.6. The number of nitrogens with zero attached hydrogens (tertiary/aromatic N) is 2. The molecule has 0 amide bonds. The van der Waals surface area contributed by atoms with Gasteiger partial charge in [-0.2, -0.15) is 0 Å². The Morgan fingerprint density at radius 3 is 1.04 bits per heavy atom. The van der Waals surface area contributed by atoms with Gasteiger partial charge in [0.05, 0.1) is 112 Å². The molecule has 0 aliphatic carbocycles. The number of hydrogen-bond donors (Lipinski definition) is 2. The number of methoxy groups -OCH3 is 5. The highest BCUT2D eigenvalue weighted by Crippen LogP contribution is 2.24. The average molecular weight is 725 g/mol. The van der Waals surface area contributed by atoms with Crippen molar-refractivity contribution in [2.45, 2.75) is 13.2 Å². The van der Waals surface area contributed by atoms with Gasteiger partial charge in [-0.3, -0.25) is 9.80 Å². The van der Waals surface area contributed by atoms with Gasteiger partial charge in [-0.25, -0.2) is 0 Å². The van der Waals surface area contributed by atoms with Crippen LogP contribution in [0.15, 0.2) is 18.2 Å². The lowest BCUT2D eigenvalue weighted by molar-refractivity contribution is 0.0223. The molecule has 0 aromatic heterocycles. The van der Waals surface area contributed by atoms with Gasteiger partial charge in [0, 0.05) is 85.9 Å². The number of aliphatic hydroxyl groups is 2. The van der Waals surface area contributed by atoms with Gasteiger partial charge in [-0.1, -0.05) is 18.2 Å². The summed E-state index contributed by atoms with van der Waals surface area (Å²) in [6.45, 7) is 14.3. The van der Waals surface area contributed by atoms with Crippen molar-refractivity contribution in [3.8, 4) is 5.75 Å². The highest BCUT2D eigenvalue weighted by Gasteiger charge is 2.09. The highest BCUT2D eigenvalue weighted by molar-refractivity contribution is 5.40. The van der Waals surface area contributed by atoms with Gasteiger partial charge in [-0.05, 0) is 0 Å². The van der Waals surface area contributed by atoms with E-state index in [9.17, 15) is 10.2 Å². The lowest BCUT2D eigenvalue weighted by Crippen LogP contribution is -2.34. The molecule has 0 saturated carbocycles. The topological polar surface area (TPSA) is 148 Å². The summed E-state index contributed by atoms with van der Waals surface area (Å²) in [5, 5.41) is 18.7. The number of rotatable bonds is 36. The van der Waals surface area contributed by atoms with Crippen LogP contribution >= 0.6 is 0 Å². The van der Waals surface area contributed by atoms with Crippen molar-refractivity contribution < 1.29 is 62.3 Å². The van der Waals surface area contributed by atoms with Gasteiger partial charge in [0.15, 0.2) is 0 Å². The summed E-state index contributed by atoms with van der Waals surface area (Å²) in [5.74, 6) is 0.527. The standard InChI is InChI=1S/C20H35NO7.C15H33NO6/c1-24-9-6-21(7-10-25-2)8-11-26-12-13-27-14-15-28-20-18(16-22)4-3-5-19(20)17-23;1-17-10-13-20-7-4-16(5-8-21-14-11-18-2)6-9-22-15-12-19-3/h3-5,22-23H,6-17H2,1-2H3;4-15H2,1-3H3. The molecule has 50 heavy (non-hydrogen) atoms. The third-order valence-corrected chi connectivity index (χ3v) is 7.09. The summed E-state index contributed by atoms with van der Waals surface area (Å²) >= 11 is 0.